The minimum absolute atomic E-state index is 0.0664. The van der Waals surface area contributed by atoms with Crippen LogP contribution in [0.15, 0.2) is 22.7 Å². The zero-order valence-corrected chi connectivity index (χ0v) is 17.1. The van der Waals surface area contributed by atoms with Gasteiger partial charge in [0.15, 0.2) is 6.10 Å². The van der Waals surface area contributed by atoms with E-state index in [0.29, 0.717) is 12.3 Å². The number of likely N-dealkylation sites (N-methyl/N-ethyl adjacent to an activating group) is 1. The van der Waals surface area contributed by atoms with Crippen molar-refractivity contribution >= 4 is 21.8 Å². The van der Waals surface area contributed by atoms with Crippen LogP contribution in [-0.2, 0) is 4.79 Å². The van der Waals surface area contributed by atoms with E-state index < -0.39 is 6.10 Å². The van der Waals surface area contributed by atoms with Crippen molar-refractivity contribution in [3.05, 3.63) is 28.2 Å². The quantitative estimate of drug-likeness (QED) is 0.667. The van der Waals surface area contributed by atoms with Gasteiger partial charge in [0.05, 0.1) is 4.47 Å². The van der Waals surface area contributed by atoms with E-state index in [1.165, 1.54) is 0 Å². The molecule has 2 rings (SSSR count). The van der Waals surface area contributed by atoms with Gasteiger partial charge in [-0.05, 0) is 67.0 Å². The van der Waals surface area contributed by atoms with Gasteiger partial charge in [-0.25, -0.2) is 0 Å². The molecule has 1 aliphatic heterocycles. The second-order valence-electron chi connectivity index (χ2n) is 6.61. The van der Waals surface area contributed by atoms with Crippen molar-refractivity contribution in [3.8, 4) is 5.75 Å². The fourth-order valence-corrected chi connectivity index (χ4v) is 3.52. The maximum atomic E-state index is 12.2. The summed E-state index contributed by atoms with van der Waals surface area (Å²) in [6.45, 7) is 13.4. The SMILES string of the molecule is CCN1CCN(CCCNC(=O)C(C)Oc2ccc(C)cc2Br)CC1. The minimum atomic E-state index is -0.507. The Morgan fingerprint density at radius 3 is 2.60 bits per heavy atom. The van der Waals surface area contributed by atoms with Crippen LogP contribution in [0.3, 0.4) is 0 Å². The normalized spacial score (nSPS) is 17.3. The molecule has 1 aromatic rings. The monoisotopic (exact) mass is 411 g/mol. The first-order valence-corrected chi connectivity index (χ1v) is 9.94. The molecule has 0 radical (unpaired) electrons. The van der Waals surface area contributed by atoms with Crippen molar-refractivity contribution in [3.63, 3.8) is 0 Å². The van der Waals surface area contributed by atoms with Gasteiger partial charge >= 0.3 is 0 Å². The highest BCUT2D eigenvalue weighted by Gasteiger charge is 2.17. The largest absolute Gasteiger partial charge is 0.480 e. The number of aryl methyl sites for hydroxylation is 1. The number of benzene rings is 1. The Morgan fingerprint density at radius 2 is 1.96 bits per heavy atom. The molecule has 1 saturated heterocycles. The van der Waals surface area contributed by atoms with Gasteiger partial charge in [-0.3, -0.25) is 4.79 Å². The Labute approximate surface area is 159 Å². The summed E-state index contributed by atoms with van der Waals surface area (Å²) in [6, 6.07) is 5.85. The summed E-state index contributed by atoms with van der Waals surface area (Å²) >= 11 is 3.48. The fraction of sp³-hybridized carbons (Fsp3) is 0.632. The third-order valence-electron chi connectivity index (χ3n) is 4.62. The number of nitrogens with zero attached hydrogens (tertiary/aromatic N) is 2. The van der Waals surface area contributed by atoms with Gasteiger partial charge in [0.2, 0.25) is 0 Å². The molecule has 1 amide bonds. The molecule has 0 aliphatic carbocycles. The molecular formula is C19H30BrN3O2. The van der Waals surface area contributed by atoms with E-state index in [-0.39, 0.29) is 5.91 Å². The second-order valence-corrected chi connectivity index (χ2v) is 7.47. The molecule has 0 bridgehead atoms. The Morgan fingerprint density at radius 1 is 1.28 bits per heavy atom. The third-order valence-corrected chi connectivity index (χ3v) is 5.24. The maximum Gasteiger partial charge on any atom is 0.260 e. The number of nitrogens with one attached hydrogen (secondary N) is 1. The molecule has 1 unspecified atom stereocenters. The molecule has 1 aliphatic rings. The molecule has 1 aromatic carbocycles. The van der Waals surface area contributed by atoms with Gasteiger partial charge in [-0.2, -0.15) is 0 Å². The molecule has 1 fully saturated rings. The van der Waals surface area contributed by atoms with E-state index in [0.717, 1.165) is 55.7 Å². The lowest BCUT2D eigenvalue weighted by atomic mass is 10.2. The Hall–Kier alpha value is -1.11. The van der Waals surface area contributed by atoms with Gasteiger partial charge in [0.25, 0.3) is 5.91 Å². The highest BCUT2D eigenvalue weighted by molar-refractivity contribution is 9.10. The topological polar surface area (TPSA) is 44.8 Å². The molecule has 6 heteroatoms. The van der Waals surface area contributed by atoms with Crippen LogP contribution in [0.2, 0.25) is 0 Å². The summed E-state index contributed by atoms with van der Waals surface area (Å²) in [5.74, 6) is 0.630. The molecule has 0 saturated carbocycles. The molecule has 1 N–H and O–H groups in total. The molecule has 1 atom stereocenters. The van der Waals surface area contributed by atoms with Crippen LogP contribution in [0, 0.1) is 6.92 Å². The number of piperazine rings is 1. The molecular weight excluding hydrogens is 382 g/mol. The van der Waals surface area contributed by atoms with Crippen molar-refractivity contribution in [2.45, 2.75) is 33.3 Å². The summed E-state index contributed by atoms with van der Waals surface area (Å²) in [5.41, 5.74) is 1.15. The second kappa shape index (κ2) is 10.1. The number of carbonyl (C=O) groups is 1. The predicted octanol–water partition coefficient (Wildman–Crippen LogP) is 2.67. The third kappa shape index (κ3) is 6.60. The van der Waals surface area contributed by atoms with Gasteiger partial charge in [0.1, 0.15) is 5.75 Å². The maximum absolute atomic E-state index is 12.2. The molecule has 0 aromatic heterocycles. The summed E-state index contributed by atoms with van der Waals surface area (Å²) in [4.78, 5) is 17.1. The highest BCUT2D eigenvalue weighted by atomic mass is 79.9. The summed E-state index contributed by atoms with van der Waals surface area (Å²) < 4.78 is 6.63. The van der Waals surface area contributed by atoms with Crippen LogP contribution in [0.5, 0.6) is 5.75 Å². The molecule has 1 heterocycles. The number of hydrogen-bond acceptors (Lipinski definition) is 4. The van der Waals surface area contributed by atoms with Gasteiger partial charge < -0.3 is 19.9 Å². The van der Waals surface area contributed by atoms with Crippen LogP contribution in [0.1, 0.15) is 25.8 Å². The predicted molar refractivity (Wildman–Crippen MR) is 105 cm³/mol. The smallest absolute Gasteiger partial charge is 0.260 e. The standard InChI is InChI=1S/C19H30BrN3O2/c1-4-22-10-12-23(13-11-22)9-5-8-21-19(24)16(3)25-18-7-6-15(2)14-17(18)20/h6-7,14,16H,4-5,8-13H2,1-3H3,(H,21,24). The van der Waals surface area contributed by atoms with E-state index in [1.807, 2.05) is 25.1 Å². The number of carbonyl (C=O) groups excluding carboxylic acids is 1. The van der Waals surface area contributed by atoms with E-state index in [4.69, 9.17) is 4.74 Å². The van der Waals surface area contributed by atoms with Crippen LogP contribution in [0.4, 0.5) is 0 Å². The summed E-state index contributed by atoms with van der Waals surface area (Å²) in [5, 5.41) is 2.98. The zero-order valence-electron chi connectivity index (χ0n) is 15.6. The van der Waals surface area contributed by atoms with Crippen molar-refractivity contribution in [1.29, 1.82) is 0 Å². The van der Waals surface area contributed by atoms with Crippen LogP contribution in [0.25, 0.3) is 0 Å². The van der Waals surface area contributed by atoms with E-state index in [1.54, 1.807) is 6.92 Å². The summed E-state index contributed by atoms with van der Waals surface area (Å²) in [7, 11) is 0. The van der Waals surface area contributed by atoms with E-state index in [2.05, 4.69) is 38.0 Å². The average molecular weight is 412 g/mol. The van der Waals surface area contributed by atoms with Gasteiger partial charge in [0, 0.05) is 32.7 Å². The van der Waals surface area contributed by atoms with E-state index >= 15 is 0 Å². The average Bonchev–Trinajstić information content (AvgIpc) is 2.61. The molecule has 140 valence electrons. The first-order chi connectivity index (χ1) is 12.0. The molecule has 0 spiro atoms. The van der Waals surface area contributed by atoms with Crippen molar-refractivity contribution < 1.29 is 9.53 Å². The zero-order chi connectivity index (χ0) is 18.2. The van der Waals surface area contributed by atoms with Crippen molar-refractivity contribution in [2.75, 3.05) is 45.8 Å². The van der Waals surface area contributed by atoms with Gasteiger partial charge in [-0.1, -0.05) is 13.0 Å². The number of halogens is 1. The summed E-state index contributed by atoms with van der Waals surface area (Å²) in [6.07, 6.45) is 0.464. The Balaban J connectivity index is 1.64. The lowest BCUT2D eigenvalue weighted by Gasteiger charge is -2.34. The number of rotatable bonds is 8. The van der Waals surface area contributed by atoms with Crippen LogP contribution >= 0.6 is 15.9 Å². The Kier molecular flexibility index (Phi) is 8.19. The van der Waals surface area contributed by atoms with Crippen LogP contribution in [-0.4, -0.2) is 67.6 Å². The first kappa shape index (κ1) is 20.2. The Bertz CT molecular complexity index is 560. The number of hydrogen-bond donors (Lipinski definition) is 1. The number of amides is 1. The molecule has 25 heavy (non-hydrogen) atoms. The van der Waals surface area contributed by atoms with Gasteiger partial charge in [-0.15, -0.1) is 0 Å². The number of ether oxygens (including phenoxy) is 1. The minimum Gasteiger partial charge on any atom is -0.480 e. The highest BCUT2D eigenvalue weighted by Crippen LogP contribution is 2.26. The van der Waals surface area contributed by atoms with Crippen LogP contribution < -0.4 is 10.1 Å². The fourth-order valence-electron chi connectivity index (χ4n) is 2.93. The first-order valence-electron chi connectivity index (χ1n) is 9.15. The van der Waals surface area contributed by atoms with E-state index in [9.17, 15) is 4.79 Å². The van der Waals surface area contributed by atoms with Crippen molar-refractivity contribution in [2.24, 2.45) is 0 Å². The lowest BCUT2D eigenvalue weighted by molar-refractivity contribution is -0.127. The van der Waals surface area contributed by atoms with Crippen molar-refractivity contribution in [1.82, 2.24) is 15.1 Å². The molecule has 5 nitrogen and oxygen atoms in total. The lowest BCUT2D eigenvalue weighted by Crippen LogP contribution is -2.46.